The minimum absolute atomic E-state index is 0.0558. The zero-order valence-corrected chi connectivity index (χ0v) is 10.7. The van der Waals surface area contributed by atoms with Crippen LogP contribution in [0.25, 0.3) is 11.1 Å². The van der Waals surface area contributed by atoms with Gasteiger partial charge in [-0.2, -0.15) is 11.3 Å². The van der Waals surface area contributed by atoms with Gasteiger partial charge in [-0.1, -0.05) is 12.1 Å². The number of aryl methyl sites for hydroxylation is 1. The van der Waals surface area contributed by atoms with Gasteiger partial charge < -0.3 is 4.42 Å². The number of carbonyl (C=O) groups excluding carboxylic acids is 1. The van der Waals surface area contributed by atoms with E-state index in [1.807, 2.05) is 41.9 Å². The molecule has 2 heterocycles. The van der Waals surface area contributed by atoms with Crippen LogP contribution in [-0.2, 0) is 6.42 Å². The Morgan fingerprint density at radius 1 is 1.33 bits per heavy atom. The summed E-state index contributed by atoms with van der Waals surface area (Å²) in [5.41, 5.74) is 3.30. The van der Waals surface area contributed by atoms with E-state index < -0.39 is 0 Å². The van der Waals surface area contributed by atoms with Crippen molar-refractivity contribution < 1.29 is 9.21 Å². The molecule has 3 aromatic rings. The Morgan fingerprint density at radius 2 is 2.17 bits per heavy atom. The van der Waals surface area contributed by atoms with Crippen molar-refractivity contribution in [3.05, 3.63) is 52.0 Å². The Labute approximate surface area is 108 Å². The fourth-order valence-corrected chi connectivity index (χ4v) is 2.73. The van der Waals surface area contributed by atoms with Crippen molar-refractivity contribution in [1.82, 2.24) is 4.98 Å². The number of ketones is 1. The van der Waals surface area contributed by atoms with Crippen LogP contribution in [-0.4, -0.2) is 10.8 Å². The summed E-state index contributed by atoms with van der Waals surface area (Å²) in [6, 6.07) is 7.52. The molecule has 0 radical (unpaired) electrons. The van der Waals surface area contributed by atoms with E-state index in [4.69, 9.17) is 4.42 Å². The van der Waals surface area contributed by atoms with Crippen molar-refractivity contribution in [1.29, 1.82) is 0 Å². The number of rotatable bonds is 3. The number of para-hydroxylation sites is 2. The van der Waals surface area contributed by atoms with Gasteiger partial charge in [0.2, 0.25) is 5.89 Å². The van der Waals surface area contributed by atoms with E-state index in [0.29, 0.717) is 5.89 Å². The highest BCUT2D eigenvalue weighted by molar-refractivity contribution is 7.08. The smallest absolute Gasteiger partial charge is 0.203 e. The van der Waals surface area contributed by atoms with E-state index in [9.17, 15) is 4.79 Å². The van der Waals surface area contributed by atoms with Crippen LogP contribution in [0.1, 0.15) is 21.8 Å². The average molecular weight is 257 g/mol. The third-order valence-corrected chi connectivity index (χ3v) is 3.67. The van der Waals surface area contributed by atoms with Crippen LogP contribution in [0.5, 0.6) is 0 Å². The maximum absolute atomic E-state index is 12.1. The molecule has 1 aromatic carbocycles. The molecule has 3 nitrogen and oxygen atoms in total. The van der Waals surface area contributed by atoms with Crippen molar-refractivity contribution in [2.75, 3.05) is 0 Å². The average Bonchev–Trinajstić information content (AvgIpc) is 2.94. The van der Waals surface area contributed by atoms with Gasteiger partial charge in [0.05, 0.1) is 6.42 Å². The van der Waals surface area contributed by atoms with Crippen molar-refractivity contribution in [2.45, 2.75) is 13.3 Å². The summed E-state index contributed by atoms with van der Waals surface area (Å²) < 4.78 is 5.55. The highest BCUT2D eigenvalue weighted by Gasteiger charge is 2.14. The molecule has 3 rings (SSSR count). The summed E-state index contributed by atoms with van der Waals surface area (Å²) in [6.45, 7) is 1.94. The van der Waals surface area contributed by atoms with Gasteiger partial charge in [0, 0.05) is 10.9 Å². The van der Waals surface area contributed by atoms with E-state index in [-0.39, 0.29) is 12.2 Å². The number of Topliss-reactive ketones (excluding diaryl/α,β-unsaturated/α-hetero) is 1. The highest BCUT2D eigenvalue weighted by atomic mass is 32.1. The first-order valence-electron chi connectivity index (χ1n) is 5.64. The van der Waals surface area contributed by atoms with Gasteiger partial charge in [-0.25, -0.2) is 4.98 Å². The molecule has 90 valence electrons. The first kappa shape index (κ1) is 11.2. The normalized spacial score (nSPS) is 10.9. The number of oxazole rings is 1. The van der Waals surface area contributed by atoms with Gasteiger partial charge in [-0.15, -0.1) is 0 Å². The van der Waals surface area contributed by atoms with Crippen LogP contribution in [0, 0.1) is 6.92 Å². The summed E-state index contributed by atoms with van der Waals surface area (Å²) in [5.74, 6) is 0.534. The minimum atomic E-state index is 0.0558. The Balaban J connectivity index is 1.88. The number of hydrogen-bond acceptors (Lipinski definition) is 4. The van der Waals surface area contributed by atoms with Crippen molar-refractivity contribution in [3.8, 4) is 0 Å². The summed E-state index contributed by atoms with van der Waals surface area (Å²) >= 11 is 1.54. The zero-order chi connectivity index (χ0) is 12.5. The van der Waals surface area contributed by atoms with E-state index >= 15 is 0 Å². The number of thiophene rings is 1. The van der Waals surface area contributed by atoms with Crippen LogP contribution < -0.4 is 0 Å². The molecule has 0 atom stereocenters. The summed E-state index contributed by atoms with van der Waals surface area (Å²) in [4.78, 5) is 16.4. The third kappa shape index (κ3) is 1.95. The van der Waals surface area contributed by atoms with Crippen LogP contribution >= 0.6 is 11.3 Å². The van der Waals surface area contributed by atoms with Crippen LogP contribution in [0.4, 0.5) is 0 Å². The van der Waals surface area contributed by atoms with Gasteiger partial charge in [-0.05, 0) is 30.0 Å². The first-order valence-corrected chi connectivity index (χ1v) is 6.59. The molecule has 18 heavy (non-hydrogen) atoms. The third-order valence-electron chi connectivity index (χ3n) is 2.81. The molecule has 0 saturated heterocycles. The second-order valence-electron chi connectivity index (χ2n) is 4.14. The largest absolute Gasteiger partial charge is 0.440 e. The summed E-state index contributed by atoms with van der Waals surface area (Å²) in [5, 5.41) is 3.85. The maximum Gasteiger partial charge on any atom is 0.203 e. The first-order chi connectivity index (χ1) is 8.74. The molecule has 0 aliphatic heterocycles. The van der Waals surface area contributed by atoms with Crippen LogP contribution in [0.3, 0.4) is 0 Å². The lowest BCUT2D eigenvalue weighted by Crippen LogP contribution is -2.03. The quantitative estimate of drug-likeness (QED) is 0.673. The maximum atomic E-state index is 12.1. The van der Waals surface area contributed by atoms with Gasteiger partial charge in [0.25, 0.3) is 0 Å². The van der Waals surface area contributed by atoms with E-state index in [2.05, 4.69) is 4.98 Å². The molecular formula is C14H11NO2S. The lowest BCUT2D eigenvalue weighted by Gasteiger charge is -1.95. The van der Waals surface area contributed by atoms with Crippen molar-refractivity contribution in [2.24, 2.45) is 0 Å². The van der Waals surface area contributed by atoms with Crippen molar-refractivity contribution >= 4 is 28.2 Å². The zero-order valence-electron chi connectivity index (χ0n) is 9.84. The fourth-order valence-electron chi connectivity index (χ4n) is 1.87. The number of carbonyl (C=O) groups is 1. The lowest BCUT2D eigenvalue weighted by atomic mass is 10.1. The molecule has 0 amide bonds. The number of fused-ring (bicyclic) bond motifs is 1. The lowest BCUT2D eigenvalue weighted by molar-refractivity contribution is 0.0986. The SMILES string of the molecule is Cc1cscc1C(=O)Cc1nc2ccccc2o1. The molecule has 0 spiro atoms. The number of benzene rings is 1. The predicted octanol–water partition coefficient (Wildman–Crippen LogP) is 3.62. The van der Waals surface area contributed by atoms with E-state index in [1.165, 1.54) is 11.3 Å². The van der Waals surface area contributed by atoms with Gasteiger partial charge >= 0.3 is 0 Å². The van der Waals surface area contributed by atoms with E-state index in [1.54, 1.807) is 0 Å². The number of nitrogens with zero attached hydrogens (tertiary/aromatic N) is 1. The van der Waals surface area contributed by atoms with Crippen LogP contribution in [0.2, 0.25) is 0 Å². The molecule has 0 saturated carbocycles. The number of hydrogen-bond donors (Lipinski definition) is 0. The second kappa shape index (κ2) is 4.38. The Morgan fingerprint density at radius 3 is 2.89 bits per heavy atom. The standard InChI is InChI=1S/C14H11NO2S/c1-9-7-18-8-10(9)12(16)6-14-15-11-4-2-3-5-13(11)17-14/h2-5,7-8H,6H2,1H3. The molecule has 0 aliphatic carbocycles. The molecule has 0 N–H and O–H groups in total. The molecule has 0 bridgehead atoms. The van der Waals surface area contributed by atoms with Crippen LogP contribution in [0.15, 0.2) is 39.4 Å². The van der Waals surface area contributed by atoms with Gasteiger partial charge in [0.15, 0.2) is 11.4 Å². The molecule has 2 aromatic heterocycles. The summed E-state index contributed by atoms with van der Waals surface area (Å²) in [6.07, 6.45) is 0.215. The number of aromatic nitrogens is 1. The predicted molar refractivity (Wildman–Crippen MR) is 71.1 cm³/mol. The van der Waals surface area contributed by atoms with Gasteiger partial charge in [0.1, 0.15) is 5.52 Å². The van der Waals surface area contributed by atoms with Gasteiger partial charge in [-0.3, -0.25) is 4.79 Å². The molecular weight excluding hydrogens is 246 g/mol. The molecule has 4 heteroatoms. The molecule has 0 aliphatic rings. The monoisotopic (exact) mass is 257 g/mol. The Bertz CT molecular complexity index is 678. The summed E-state index contributed by atoms with van der Waals surface area (Å²) in [7, 11) is 0. The fraction of sp³-hybridized carbons (Fsp3) is 0.143. The highest BCUT2D eigenvalue weighted by Crippen LogP contribution is 2.19. The topological polar surface area (TPSA) is 43.1 Å². The van der Waals surface area contributed by atoms with E-state index in [0.717, 1.165) is 22.2 Å². The molecule has 0 unspecified atom stereocenters. The second-order valence-corrected chi connectivity index (χ2v) is 4.89. The van der Waals surface area contributed by atoms with Crippen molar-refractivity contribution in [3.63, 3.8) is 0 Å². The Kier molecular flexibility index (Phi) is 2.72. The molecule has 0 fully saturated rings. The minimum Gasteiger partial charge on any atom is -0.440 e. The Hall–Kier alpha value is -1.94.